The van der Waals surface area contributed by atoms with Gasteiger partial charge in [0.2, 0.25) is 0 Å². The van der Waals surface area contributed by atoms with Crippen LogP contribution in [0.5, 0.6) is 0 Å². The van der Waals surface area contributed by atoms with E-state index in [4.69, 9.17) is 9.73 Å². The summed E-state index contributed by atoms with van der Waals surface area (Å²) in [5.74, 6) is 1.61. The number of halogens is 1. The van der Waals surface area contributed by atoms with E-state index in [0.29, 0.717) is 18.2 Å². The molecule has 5 nitrogen and oxygen atoms in total. The zero-order valence-electron chi connectivity index (χ0n) is 24.9. The van der Waals surface area contributed by atoms with Crippen LogP contribution in [0.15, 0.2) is 89.9 Å². The Morgan fingerprint density at radius 3 is 2.29 bits per heavy atom. The number of carbonyl (C=O) groups excluding carboxylic acids is 1. The summed E-state index contributed by atoms with van der Waals surface area (Å²) in [7, 11) is 5.65. The SMILES string of the molecule is COC(=O)C1(CSCc2ccccc2)N=CN(Cc2ccccc2)C1C1CCC(C(c2cccc(F)c2)N(C)C)CC1. The summed E-state index contributed by atoms with van der Waals surface area (Å²) in [5.41, 5.74) is 2.48. The summed E-state index contributed by atoms with van der Waals surface area (Å²) in [6, 6.07) is 27.8. The van der Waals surface area contributed by atoms with E-state index < -0.39 is 5.54 Å². The van der Waals surface area contributed by atoms with Crippen molar-refractivity contribution < 1.29 is 13.9 Å². The zero-order valence-corrected chi connectivity index (χ0v) is 25.7. The van der Waals surface area contributed by atoms with Crippen LogP contribution in [0, 0.1) is 17.7 Å². The number of benzene rings is 3. The van der Waals surface area contributed by atoms with Crippen molar-refractivity contribution in [3.05, 3.63) is 107 Å². The topological polar surface area (TPSA) is 45.1 Å². The van der Waals surface area contributed by atoms with Crippen LogP contribution in [0.25, 0.3) is 0 Å². The molecule has 42 heavy (non-hydrogen) atoms. The standard InChI is InChI=1S/C35H42FN3O2S/c1-38(2)32(30-15-10-16-31(36)21-30)28-17-19-29(20-18-28)33-35(34(40)41-3,24-42-23-27-13-8-5-9-14-27)37-25-39(33)22-26-11-6-4-7-12-26/h4-16,21,25,28-29,32-33H,17-20,22-24H2,1-3H3. The van der Waals surface area contributed by atoms with Crippen molar-refractivity contribution >= 4 is 24.1 Å². The highest BCUT2D eigenvalue weighted by Crippen LogP contribution is 2.46. The lowest BCUT2D eigenvalue weighted by Gasteiger charge is -2.44. The Kier molecular flexibility index (Phi) is 10.0. The van der Waals surface area contributed by atoms with Crippen LogP contribution in [-0.4, -0.2) is 60.6 Å². The van der Waals surface area contributed by atoms with Gasteiger partial charge in [-0.25, -0.2) is 9.18 Å². The number of thioether (sulfide) groups is 1. The van der Waals surface area contributed by atoms with E-state index in [1.54, 1.807) is 17.8 Å². The van der Waals surface area contributed by atoms with Gasteiger partial charge >= 0.3 is 5.97 Å². The van der Waals surface area contributed by atoms with E-state index in [9.17, 15) is 9.18 Å². The van der Waals surface area contributed by atoms with Crippen molar-refractivity contribution in [2.75, 3.05) is 27.0 Å². The maximum atomic E-state index is 14.2. The molecule has 5 rings (SSSR count). The molecule has 0 radical (unpaired) electrons. The first kappa shape index (κ1) is 30.3. The van der Waals surface area contributed by atoms with Gasteiger partial charge in [-0.15, -0.1) is 0 Å². The smallest absolute Gasteiger partial charge is 0.336 e. The van der Waals surface area contributed by atoms with Gasteiger partial charge in [0.05, 0.1) is 19.5 Å². The summed E-state index contributed by atoms with van der Waals surface area (Å²) in [4.78, 5) is 23.2. The van der Waals surface area contributed by atoms with E-state index in [1.165, 1.54) is 24.3 Å². The highest BCUT2D eigenvalue weighted by atomic mass is 32.2. The first-order chi connectivity index (χ1) is 20.4. The number of hydrogen-bond acceptors (Lipinski definition) is 6. The third-order valence-corrected chi connectivity index (χ3v) is 10.1. The van der Waals surface area contributed by atoms with E-state index in [1.807, 2.05) is 42.7 Å². The molecule has 7 heteroatoms. The monoisotopic (exact) mass is 587 g/mol. The van der Waals surface area contributed by atoms with E-state index >= 15 is 0 Å². The first-order valence-corrected chi connectivity index (χ1v) is 16.0. The summed E-state index contributed by atoms with van der Waals surface area (Å²) in [6.07, 6.45) is 5.87. The lowest BCUT2D eigenvalue weighted by atomic mass is 9.70. The Morgan fingerprint density at radius 1 is 1.00 bits per heavy atom. The molecule has 3 unspecified atom stereocenters. The third kappa shape index (κ3) is 6.73. The highest BCUT2D eigenvalue weighted by molar-refractivity contribution is 7.98. The molecule has 0 aromatic heterocycles. The minimum absolute atomic E-state index is 0.0960. The van der Waals surface area contributed by atoms with Crippen molar-refractivity contribution in [1.82, 2.24) is 9.80 Å². The third-order valence-electron chi connectivity index (χ3n) is 8.92. The second-order valence-corrected chi connectivity index (χ2v) is 12.9. The molecule has 2 aliphatic rings. The summed E-state index contributed by atoms with van der Waals surface area (Å²) < 4.78 is 19.7. The average molecular weight is 588 g/mol. The van der Waals surface area contributed by atoms with Gasteiger partial charge in [-0.05, 0) is 80.4 Å². The Bertz CT molecular complexity index is 1330. The minimum Gasteiger partial charge on any atom is -0.467 e. The highest BCUT2D eigenvalue weighted by Gasteiger charge is 2.55. The molecular weight excluding hydrogens is 545 g/mol. The van der Waals surface area contributed by atoms with Crippen LogP contribution in [0.3, 0.4) is 0 Å². The zero-order chi connectivity index (χ0) is 29.5. The lowest BCUT2D eigenvalue weighted by molar-refractivity contribution is -0.148. The number of rotatable bonds is 11. The fourth-order valence-corrected chi connectivity index (χ4v) is 8.29. The van der Waals surface area contributed by atoms with E-state index in [2.05, 4.69) is 60.3 Å². The van der Waals surface area contributed by atoms with Crippen molar-refractivity contribution in [3.8, 4) is 0 Å². The summed E-state index contributed by atoms with van der Waals surface area (Å²) >= 11 is 1.75. The van der Waals surface area contributed by atoms with E-state index in [-0.39, 0.29) is 29.8 Å². The Balaban J connectivity index is 1.39. The van der Waals surface area contributed by atoms with Crippen LogP contribution in [0.2, 0.25) is 0 Å². The molecule has 1 saturated carbocycles. The van der Waals surface area contributed by atoms with Crippen LogP contribution in [0.4, 0.5) is 4.39 Å². The molecule has 0 amide bonds. The number of esters is 1. The molecule has 3 aromatic rings. The van der Waals surface area contributed by atoms with Crippen LogP contribution >= 0.6 is 11.8 Å². The van der Waals surface area contributed by atoms with Crippen LogP contribution < -0.4 is 0 Å². The van der Waals surface area contributed by atoms with Crippen molar-refractivity contribution in [2.45, 2.75) is 55.6 Å². The summed E-state index contributed by atoms with van der Waals surface area (Å²) in [6.45, 7) is 0.695. The van der Waals surface area contributed by atoms with Gasteiger partial charge in [0.15, 0.2) is 5.54 Å². The molecule has 222 valence electrons. The quantitative estimate of drug-likeness (QED) is 0.226. The maximum Gasteiger partial charge on any atom is 0.336 e. The number of ether oxygens (including phenoxy) is 1. The average Bonchev–Trinajstić information content (AvgIpc) is 3.36. The molecule has 1 fully saturated rings. The fraction of sp³-hybridized carbons (Fsp3) is 0.429. The second kappa shape index (κ2) is 13.9. The molecule has 0 bridgehead atoms. The Morgan fingerprint density at radius 2 is 1.67 bits per heavy atom. The van der Waals surface area contributed by atoms with Crippen molar-refractivity contribution in [3.63, 3.8) is 0 Å². The molecule has 1 aliphatic heterocycles. The number of aliphatic imine (C=N–C) groups is 1. The van der Waals surface area contributed by atoms with Crippen LogP contribution in [-0.2, 0) is 21.8 Å². The molecule has 1 aliphatic carbocycles. The second-order valence-electron chi connectivity index (χ2n) is 11.9. The number of methoxy groups -OCH3 is 1. The van der Waals surface area contributed by atoms with E-state index in [0.717, 1.165) is 37.0 Å². The lowest BCUT2D eigenvalue weighted by Crippen LogP contribution is -2.57. The van der Waals surface area contributed by atoms with Crippen LogP contribution in [0.1, 0.15) is 48.4 Å². The predicted molar refractivity (Wildman–Crippen MR) is 170 cm³/mol. The Labute approximate surface area is 254 Å². The fourth-order valence-electron chi connectivity index (χ4n) is 7.08. The number of nitrogens with zero attached hydrogens (tertiary/aromatic N) is 3. The van der Waals surface area contributed by atoms with Gasteiger partial charge in [0.25, 0.3) is 0 Å². The molecule has 0 spiro atoms. The molecule has 3 atom stereocenters. The maximum absolute atomic E-state index is 14.2. The molecule has 0 N–H and O–H groups in total. The Hall–Kier alpha value is -3.16. The van der Waals surface area contributed by atoms with Gasteiger partial charge in [0, 0.05) is 24.1 Å². The minimum atomic E-state index is -0.968. The summed E-state index contributed by atoms with van der Waals surface area (Å²) in [5, 5.41) is 0. The molecule has 1 heterocycles. The van der Waals surface area contributed by atoms with Crippen molar-refractivity contribution in [1.29, 1.82) is 0 Å². The largest absolute Gasteiger partial charge is 0.467 e. The van der Waals surface area contributed by atoms with Gasteiger partial charge in [-0.3, -0.25) is 4.99 Å². The van der Waals surface area contributed by atoms with Gasteiger partial charge in [-0.2, -0.15) is 11.8 Å². The van der Waals surface area contributed by atoms with Gasteiger partial charge in [0.1, 0.15) is 5.82 Å². The normalized spacial score (nSPS) is 24.6. The molecule has 3 aromatic carbocycles. The van der Waals surface area contributed by atoms with Crippen molar-refractivity contribution in [2.24, 2.45) is 16.8 Å². The predicted octanol–water partition coefficient (Wildman–Crippen LogP) is 6.99. The number of carbonyl (C=O) groups is 1. The number of hydrogen-bond donors (Lipinski definition) is 0. The van der Waals surface area contributed by atoms with Gasteiger partial charge in [-0.1, -0.05) is 72.8 Å². The molecular formula is C35H42FN3O2S. The van der Waals surface area contributed by atoms with Gasteiger partial charge < -0.3 is 14.5 Å². The molecule has 0 saturated heterocycles. The first-order valence-electron chi connectivity index (χ1n) is 14.9.